The largest absolute Gasteiger partial charge is 0.244 e. The minimum Gasteiger partial charge on any atom is -0.244 e. The Labute approximate surface area is 97.8 Å². The summed E-state index contributed by atoms with van der Waals surface area (Å²) in [5, 5.41) is 0. The molecule has 0 saturated carbocycles. The third kappa shape index (κ3) is 2.64. The molecule has 1 rings (SSSR count). The molecule has 92 valence electrons. The number of imidazole rings is 1. The molecule has 0 amide bonds. The van der Waals surface area contributed by atoms with Gasteiger partial charge in [-0.25, -0.2) is 17.4 Å². The highest BCUT2D eigenvalue weighted by Crippen LogP contribution is 2.33. The average molecular weight is 244 g/mol. The Morgan fingerprint density at radius 1 is 1.19 bits per heavy atom. The first-order valence-electron chi connectivity index (χ1n) is 5.29. The molecular formula is C11H20N2O2S. The predicted octanol–water partition coefficient (Wildman–Crippen LogP) is 2.28. The Kier molecular flexibility index (Phi) is 3.20. The Balaban J connectivity index is 3.09. The average Bonchev–Trinajstić information content (AvgIpc) is 2.49. The van der Waals surface area contributed by atoms with Crippen LogP contribution in [0.25, 0.3) is 0 Å². The normalized spacial score (nSPS) is 14.1. The SMILES string of the molecule is CC(C)(C)CC(C)(C)S(=O)(=O)n1ccnc1. The molecule has 16 heavy (non-hydrogen) atoms. The van der Waals surface area contributed by atoms with Gasteiger partial charge in [0.15, 0.2) is 0 Å². The highest BCUT2D eigenvalue weighted by atomic mass is 32.2. The lowest BCUT2D eigenvalue weighted by Crippen LogP contribution is -2.39. The molecule has 0 atom stereocenters. The Hall–Kier alpha value is -0.840. The summed E-state index contributed by atoms with van der Waals surface area (Å²) in [6.45, 7) is 9.63. The monoisotopic (exact) mass is 244 g/mol. The second-order valence-corrected chi connectivity index (χ2v) is 8.37. The van der Waals surface area contributed by atoms with Gasteiger partial charge in [0.25, 0.3) is 0 Å². The van der Waals surface area contributed by atoms with E-state index in [1.54, 1.807) is 13.8 Å². The fraction of sp³-hybridized carbons (Fsp3) is 0.727. The fourth-order valence-electron chi connectivity index (χ4n) is 2.04. The summed E-state index contributed by atoms with van der Waals surface area (Å²) in [4.78, 5) is 3.78. The van der Waals surface area contributed by atoms with Gasteiger partial charge >= 0.3 is 0 Å². The number of aromatic nitrogens is 2. The second-order valence-electron chi connectivity index (χ2n) is 5.89. The van der Waals surface area contributed by atoms with Crippen molar-refractivity contribution in [1.29, 1.82) is 0 Å². The molecule has 0 unspecified atom stereocenters. The van der Waals surface area contributed by atoms with E-state index in [0.717, 1.165) is 0 Å². The summed E-state index contributed by atoms with van der Waals surface area (Å²) < 4.78 is 25.0. The lowest BCUT2D eigenvalue weighted by atomic mass is 9.86. The fourth-order valence-corrected chi connectivity index (χ4v) is 3.62. The van der Waals surface area contributed by atoms with Crippen molar-refractivity contribution in [3.05, 3.63) is 18.7 Å². The molecule has 0 radical (unpaired) electrons. The van der Waals surface area contributed by atoms with E-state index in [-0.39, 0.29) is 5.41 Å². The predicted molar refractivity (Wildman–Crippen MR) is 64.7 cm³/mol. The van der Waals surface area contributed by atoms with Gasteiger partial charge in [0.05, 0.1) is 4.75 Å². The van der Waals surface area contributed by atoms with Crippen LogP contribution in [0.15, 0.2) is 18.7 Å². The Morgan fingerprint density at radius 2 is 1.75 bits per heavy atom. The van der Waals surface area contributed by atoms with E-state index >= 15 is 0 Å². The maximum absolute atomic E-state index is 12.3. The molecule has 0 fully saturated rings. The first kappa shape index (κ1) is 13.2. The van der Waals surface area contributed by atoms with Gasteiger partial charge in [-0.1, -0.05) is 20.8 Å². The van der Waals surface area contributed by atoms with E-state index in [4.69, 9.17) is 0 Å². The van der Waals surface area contributed by atoms with Crippen LogP contribution in [0, 0.1) is 5.41 Å². The highest BCUT2D eigenvalue weighted by molar-refractivity contribution is 7.91. The molecule has 4 nitrogen and oxygen atoms in total. The third-order valence-electron chi connectivity index (χ3n) is 2.41. The van der Waals surface area contributed by atoms with E-state index in [0.29, 0.717) is 6.42 Å². The quantitative estimate of drug-likeness (QED) is 0.819. The molecule has 1 aromatic rings. The second kappa shape index (κ2) is 3.87. The van der Waals surface area contributed by atoms with Crippen LogP contribution >= 0.6 is 0 Å². The van der Waals surface area contributed by atoms with E-state index in [9.17, 15) is 8.42 Å². The summed E-state index contributed by atoms with van der Waals surface area (Å²) >= 11 is 0. The van der Waals surface area contributed by atoms with Crippen LogP contribution in [0.4, 0.5) is 0 Å². The van der Waals surface area contributed by atoms with Crippen molar-refractivity contribution in [3.8, 4) is 0 Å². The maximum Gasteiger partial charge on any atom is 0.244 e. The summed E-state index contributed by atoms with van der Waals surface area (Å²) in [6.07, 6.45) is 4.88. The Bertz CT molecular complexity index is 439. The first-order valence-corrected chi connectivity index (χ1v) is 6.73. The van der Waals surface area contributed by atoms with Crippen LogP contribution in [-0.4, -0.2) is 22.1 Å². The van der Waals surface area contributed by atoms with Gasteiger partial charge in [0.2, 0.25) is 10.0 Å². The van der Waals surface area contributed by atoms with Crippen LogP contribution in [0.3, 0.4) is 0 Å². The van der Waals surface area contributed by atoms with Crippen molar-refractivity contribution < 1.29 is 8.42 Å². The zero-order valence-corrected chi connectivity index (χ0v) is 11.4. The molecule has 0 aliphatic heterocycles. The lowest BCUT2D eigenvalue weighted by molar-refractivity contribution is 0.327. The number of hydrogen-bond acceptors (Lipinski definition) is 3. The molecule has 0 spiro atoms. The van der Waals surface area contributed by atoms with Crippen LogP contribution in [-0.2, 0) is 10.0 Å². The summed E-state index contributed by atoms with van der Waals surface area (Å²) in [6, 6.07) is 0. The molecule has 0 bridgehead atoms. The first-order chi connectivity index (χ1) is 7.06. The van der Waals surface area contributed by atoms with Crippen molar-refractivity contribution in [1.82, 2.24) is 8.96 Å². The van der Waals surface area contributed by atoms with Gasteiger partial charge in [0, 0.05) is 12.4 Å². The van der Waals surface area contributed by atoms with Crippen LogP contribution in [0.1, 0.15) is 41.0 Å². The van der Waals surface area contributed by atoms with E-state index in [1.807, 2.05) is 20.8 Å². The molecule has 1 aromatic heterocycles. The lowest BCUT2D eigenvalue weighted by Gasteiger charge is -2.31. The number of nitrogens with zero attached hydrogens (tertiary/aromatic N) is 2. The molecule has 0 saturated heterocycles. The van der Waals surface area contributed by atoms with Crippen LogP contribution in [0.2, 0.25) is 0 Å². The summed E-state index contributed by atoms with van der Waals surface area (Å²) in [7, 11) is -3.37. The van der Waals surface area contributed by atoms with Gasteiger partial charge in [-0.05, 0) is 25.7 Å². The molecular weight excluding hydrogens is 224 g/mol. The van der Waals surface area contributed by atoms with Gasteiger partial charge in [-0.3, -0.25) is 0 Å². The number of rotatable bonds is 3. The highest BCUT2D eigenvalue weighted by Gasteiger charge is 2.38. The summed E-state index contributed by atoms with van der Waals surface area (Å²) in [5.41, 5.74) is -0.0306. The van der Waals surface area contributed by atoms with Crippen molar-refractivity contribution in [2.24, 2.45) is 5.41 Å². The molecule has 0 aromatic carbocycles. The minimum atomic E-state index is -3.37. The Morgan fingerprint density at radius 3 is 2.12 bits per heavy atom. The molecule has 5 heteroatoms. The summed E-state index contributed by atoms with van der Waals surface area (Å²) in [5.74, 6) is 0. The van der Waals surface area contributed by atoms with Gasteiger partial charge < -0.3 is 0 Å². The van der Waals surface area contributed by atoms with Gasteiger partial charge in [-0.15, -0.1) is 0 Å². The number of hydrogen-bond donors (Lipinski definition) is 0. The van der Waals surface area contributed by atoms with Crippen LogP contribution in [0.5, 0.6) is 0 Å². The minimum absolute atomic E-state index is 0.0306. The van der Waals surface area contributed by atoms with Gasteiger partial charge in [0.1, 0.15) is 6.33 Å². The third-order valence-corrected chi connectivity index (χ3v) is 4.72. The molecule has 0 aliphatic carbocycles. The molecule has 0 N–H and O–H groups in total. The van der Waals surface area contributed by atoms with E-state index in [2.05, 4.69) is 4.98 Å². The van der Waals surface area contributed by atoms with Crippen LogP contribution < -0.4 is 0 Å². The topological polar surface area (TPSA) is 52.0 Å². The molecule has 1 heterocycles. The zero-order chi connectivity index (χ0) is 12.6. The standard InChI is InChI=1S/C11H20N2O2S/c1-10(2,3)8-11(4,5)16(14,15)13-7-6-12-9-13/h6-7,9H,8H2,1-5H3. The smallest absolute Gasteiger partial charge is 0.244 e. The van der Waals surface area contributed by atoms with Crippen molar-refractivity contribution in [2.45, 2.75) is 45.8 Å². The molecule has 0 aliphatic rings. The van der Waals surface area contributed by atoms with Crippen molar-refractivity contribution >= 4 is 10.0 Å². The maximum atomic E-state index is 12.3. The van der Waals surface area contributed by atoms with Crippen molar-refractivity contribution in [3.63, 3.8) is 0 Å². The zero-order valence-electron chi connectivity index (χ0n) is 10.6. The van der Waals surface area contributed by atoms with Gasteiger partial charge in [-0.2, -0.15) is 0 Å². The van der Waals surface area contributed by atoms with E-state index in [1.165, 1.54) is 22.7 Å². The van der Waals surface area contributed by atoms with E-state index < -0.39 is 14.8 Å². The van der Waals surface area contributed by atoms with Crippen molar-refractivity contribution in [2.75, 3.05) is 0 Å².